The highest BCUT2D eigenvalue weighted by atomic mass is 15.2. The van der Waals surface area contributed by atoms with Crippen molar-refractivity contribution in [3.63, 3.8) is 0 Å². The first kappa shape index (κ1) is 20.4. The number of fused-ring (bicyclic) bond motifs is 1. The number of aromatic nitrogens is 5. The Bertz CT molecular complexity index is 1400. The van der Waals surface area contributed by atoms with E-state index in [1.165, 1.54) is 18.4 Å². The van der Waals surface area contributed by atoms with Gasteiger partial charge in [-0.3, -0.25) is 4.98 Å². The number of nitrogens with zero attached hydrogens (tertiary/aromatic N) is 7. The molecule has 0 unspecified atom stereocenters. The van der Waals surface area contributed by atoms with Crippen LogP contribution in [0, 0.1) is 11.3 Å². The lowest BCUT2D eigenvalue weighted by molar-refractivity contribution is 0.586. The van der Waals surface area contributed by atoms with E-state index >= 15 is 0 Å². The Morgan fingerprint density at radius 2 is 1.79 bits per heavy atom. The molecule has 1 aliphatic carbocycles. The number of rotatable bonds is 5. The molecule has 9 heteroatoms. The topological polar surface area (TPSA) is 116 Å². The van der Waals surface area contributed by atoms with Gasteiger partial charge in [-0.2, -0.15) is 5.26 Å². The Kier molecular flexibility index (Phi) is 5.20. The summed E-state index contributed by atoms with van der Waals surface area (Å²) >= 11 is 0. The maximum Gasteiger partial charge on any atom is 0.162 e. The van der Waals surface area contributed by atoms with Crippen LogP contribution in [0.5, 0.6) is 0 Å². The number of hydrogen-bond acceptors (Lipinski definition) is 9. The molecule has 5 heterocycles. The lowest BCUT2D eigenvalue weighted by Crippen LogP contribution is -2.44. The fourth-order valence-corrected chi connectivity index (χ4v) is 4.36. The van der Waals surface area contributed by atoms with E-state index in [0.29, 0.717) is 28.9 Å². The molecule has 1 saturated carbocycles. The molecule has 6 rings (SSSR count). The number of pyridine rings is 3. The molecule has 9 nitrogen and oxygen atoms in total. The predicted molar refractivity (Wildman–Crippen MR) is 130 cm³/mol. The average molecular weight is 450 g/mol. The van der Waals surface area contributed by atoms with Crippen LogP contribution in [-0.4, -0.2) is 51.1 Å². The molecule has 4 aromatic rings. The van der Waals surface area contributed by atoms with Gasteiger partial charge in [-0.1, -0.05) is 0 Å². The van der Waals surface area contributed by atoms with E-state index in [1.807, 2.05) is 24.5 Å². The Hall–Kier alpha value is -4.16. The molecule has 2 N–H and O–H groups in total. The molecule has 0 amide bonds. The molecular formula is C25H23N9. The van der Waals surface area contributed by atoms with Crippen molar-refractivity contribution in [2.45, 2.75) is 18.8 Å². The maximum atomic E-state index is 9.15. The third kappa shape index (κ3) is 4.00. The van der Waals surface area contributed by atoms with Crippen molar-refractivity contribution >= 4 is 28.4 Å². The SMILES string of the molecule is N#Cc1ccnc(Nc2cc(-c3nc(N4CCNCC4)c4c(C5CC5)cncc4n3)ccn2)c1. The quantitative estimate of drug-likeness (QED) is 0.473. The zero-order valence-corrected chi connectivity index (χ0v) is 18.6. The van der Waals surface area contributed by atoms with Crippen LogP contribution in [0.25, 0.3) is 22.3 Å². The van der Waals surface area contributed by atoms with Gasteiger partial charge >= 0.3 is 0 Å². The third-order valence-electron chi connectivity index (χ3n) is 6.21. The van der Waals surface area contributed by atoms with Crippen LogP contribution in [0.4, 0.5) is 17.5 Å². The van der Waals surface area contributed by atoms with Gasteiger partial charge in [0.2, 0.25) is 0 Å². The summed E-state index contributed by atoms with van der Waals surface area (Å²) in [4.78, 5) is 25.6. The summed E-state index contributed by atoms with van der Waals surface area (Å²) in [5.41, 5.74) is 3.52. The van der Waals surface area contributed by atoms with Gasteiger partial charge in [-0.15, -0.1) is 0 Å². The highest BCUT2D eigenvalue weighted by Crippen LogP contribution is 2.44. The minimum Gasteiger partial charge on any atom is -0.353 e. The van der Waals surface area contributed by atoms with E-state index in [9.17, 15) is 0 Å². The van der Waals surface area contributed by atoms with Gasteiger partial charge < -0.3 is 15.5 Å². The molecular weight excluding hydrogens is 426 g/mol. The first-order chi connectivity index (χ1) is 16.8. The molecule has 0 bridgehead atoms. The Morgan fingerprint density at radius 3 is 2.59 bits per heavy atom. The molecule has 1 aliphatic heterocycles. The summed E-state index contributed by atoms with van der Waals surface area (Å²) in [6.45, 7) is 3.68. The van der Waals surface area contributed by atoms with Crippen LogP contribution >= 0.6 is 0 Å². The third-order valence-corrected chi connectivity index (χ3v) is 6.21. The summed E-state index contributed by atoms with van der Waals surface area (Å²) in [6.07, 6.45) is 9.55. The van der Waals surface area contributed by atoms with Crippen molar-refractivity contribution in [3.8, 4) is 17.5 Å². The van der Waals surface area contributed by atoms with Crippen molar-refractivity contribution in [1.29, 1.82) is 5.26 Å². The standard InChI is InChI=1S/C25H23N9/c26-13-16-3-5-29-21(11-16)32-22-12-18(4-6-30-22)24-31-20-15-28-14-19(17-1-2-17)23(20)25(33-24)34-9-7-27-8-10-34/h3-6,11-12,14-15,17,27H,1-2,7-10H2,(H,29,30,32). The van der Waals surface area contributed by atoms with Gasteiger partial charge in [0.1, 0.15) is 17.5 Å². The highest BCUT2D eigenvalue weighted by Gasteiger charge is 2.29. The monoisotopic (exact) mass is 449 g/mol. The molecule has 0 atom stereocenters. The molecule has 34 heavy (non-hydrogen) atoms. The smallest absolute Gasteiger partial charge is 0.162 e. The number of anilines is 3. The van der Waals surface area contributed by atoms with Crippen molar-refractivity contribution in [2.75, 3.05) is 36.4 Å². The van der Waals surface area contributed by atoms with Crippen molar-refractivity contribution in [3.05, 3.63) is 60.2 Å². The zero-order valence-electron chi connectivity index (χ0n) is 18.6. The number of nitrogens with one attached hydrogen (secondary N) is 2. The molecule has 2 aliphatic rings. The maximum absolute atomic E-state index is 9.15. The first-order valence-corrected chi connectivity index (χ1v) is 11.5. The Morgan fingerprint density at radius 1 is 1.00 bits per heavy atom. The summed E-state index contributed by atoms with van der Waals surface area (Å²) in [6, 6.07) is 9.29. The average Bonchev–Trinajstić information content (AvgIpc) is 3.74. The lowest BCUT2D eigenvalue weighted by Gasteiger charge is -2.30. The van der Waals surface area contributed by atoms with Gasteiger partial charge in [-0.25, -0.2) is 19.9 Å². The first-order valence-electron chi connectivity index (χ1n) is 11.5. The van der Waals surface area contributed by atoms with E-state index in [-0.39, 0.29) is 0 Å². The number of piperazine rings is 1. The van der Waals surface area contributed by atoms with E-state index in [2.05, 4.69) is 36.6 Å². The fourth-order valence-electron chi connectivity index (χ4n) is 4.36. The van der Waals surface area contributed by atoms with Crippen LogP contribution in [0.2, 0.25) is 0 Å². The van der Waals surface area contributed by atoms with Crippen molar-refractivity contribution in [2.24, 2.45) is 0 Å². The number of nitriles is 1. The molecule has 168 valence electrons. The van der Waals surface area contributed by atoms with Gasteiger partial charge in [-0.05, 0) is 48.6 Å². The molecule has 2 fully saturated rings. The predicted octanol–water partition coefficient (Wildman–Crippen LogP) is 3.38. The van der Waals surface area contributed by atoms with E-state index < -0.39 is 0 Å². The van der Waals surface area contributed by atoms with Gasteiger partial charge in [0.25, 0.3) is 0 Å². The van der Waals surface area contributed by atoms with Crippen LogP contribution < -0.4 is 15.5 Å². The zero-order chi connectivity index (χ0) is 22.9. The van der Waals surface area contributed by atoms with Gasteiger partial charge in [0.15, 0.2) is 5.82 Å². The van der Waals surface area contributed by atoms with Crippen LogP contribution in [0.1, 0.15) is 29.9 Å². The van der Waals surface area contributed by atoms with Crippen LogP contribution in [0.15, 0.2) is 49.1 Å². The molecule has 1 saturated heterocycles. The van der Waals surface area contributed by atoms with Crippen LogP contribution in [0.3, 0.4) is 0 Å². The minimum absolute atomic E-state index is 0.533. The second kappa shape index (κ2) is 8.65. The van der Waals surface area contributed by atoms with Gasteiger partial charge in [0, 0.05) is 55.7 Å². The van der Waals surface area contributed by atoms with Crippen LogP contribution in [-0.2, 0) is 0 Å². The summed E-state index contributed by atoms with van der Waals surface area (Å²) in [7, 11) is 0. The second-order valence-electron chi connectivity index (χ2n) is 8.60. The molecule has 0 radical (unpaired) electrons. The fraction of sp³-hybridized carbons (Fsp3) is 0.280. The normalized spacial score (nSPS) is 15.8. The van der Waals surface area contributed by atoms with Gasteiger partial charge in [0.05, 0.1) is 23.3 Å². The molecule has 0 aromatic carbocycles. The minimum atomic E-state index is 0.533. The van der Waals surface area contributed by atoms with E-state index in [0.717, 1.165) is 48.5 Å². The Labute approximate surface area is 196 Å². The highest BCUT2D eigenvalue weighted by molar-refractivity contribution is 5.94. The molecule has 0 spiro atoms. The van der Waals surface area contributed by atoms with E-state index in [1.54, 1.807) is 24.5 Å². The lowest BCUT2D eigenvalue weighted by atomic mass is 10.1. The van der Waals surface area contributed by atoms with Crippen molar-refractivity contribution in [1.82, 2.24) is 30.2 Å². The Balaban J connectivity index is 1.42. The van der Waals surface area contributed by atoms with Crippen molar-refractivity contribution < 1.29 is 0 Å². The summed E-state index contributed by atoms with van der Waals surface area (Å²) in [5.74, 6) is 3.35. The number of hydrogen-bond donors (Lipinski definition) is 2. The van der Waals surface area contributed by atoms with E-state index in [4.69, 9.17) is 15.2 Å². The summed E-state index contributed by atoms with van der Waals surface area (Å²) < 4.78 is 0. The molecule has 4 aromatic heterocycles. The second-order valence-corrected chi connectivity index (χ2v) is 8.60. The summed E-state index contributed by atoms with van der Waals surface area (Å²) in [5, 5.41) is 16.9. The largest absolute Gasteiger partial charge is 0.353 e.